The third kappa shape index (κ3) is 3.85. The van der Waals surface area contributed by atoms with Crippen molar-refractivity contribution in [2.75, 3.05) is 19.6 Å². The molecule has 1 spiro atoms. The van der Waals surface area contributed by atoms with Gasteiger partial charge in [-0.1, -0.05) is 55.8 Å². The number of hydrogen-bond acceptors (Lipinski definition) is 2. The van der Waals surface area contributed by atoms with Crippen molar-refractivity contribution in [3.05, 3.63) is 41.5 Å². The minimum Gasteiger partial charge on any atom is -0.311 e. The molecule has 3 aliphatic rings. The molecule has 0 unspecified atom stereocenters. The molecule has 0 amide bonds. The predicted molar refractivity (Wildman–Crippen MR) is 107 cm³/mol. The second kappa shape index (κ2) is 7.25. The van der Waals surface area contributed by atoms with Crippen LogP contribution >= 0.6 is 0 Å². The van der Waals surface area contributed by atoms with Crippen LogP contribution in [-0.2, 0) is 0 Å². The summed E-state index contributed by atoms with van der Waals surface area (Å²) in [4.78, 5) is 2.62. The number of hydrogen-bond donors (Lipinski definition) is 1. The second-order valence-electron chi connectivity index (χ2n) is 8.64. The average Bonchev–Trinajstić information content (AvgIpc) is 3.39. The first-order valence-corrected chi connectivity index (χ1v) is 10.5. The molecule has 136 valence electrons. The van der Waals surface area contributed by atoms with Gasteiger partial charge in [0.15, 0.2) is 0 Å². The zero-order valence-corrected chi connectivity index (χ0v) is 16.0. The Morgan fingerprint density at radius 2 is 1.88 bits per heavy atom. The number of benzene rings is 1. The Labute approximate surface area is 153 Å². The Morgan fingerprint density at radius 1 is 1.16 bits per heavy atom. The van der Waals surface area contributed by atoms with Crippen molar-refractivity contribution >= 4 is 6.08 Å². The van der Waals surface area contributed by atoms with Crippen molar-refractivity contribution < 1.29 is 0 Å². The number of nitrogens with one attached hydrogen (secondary N) is 1. The van der Waals surface area contributed by atoms with E-state index in [9.17, 15) is 0 Å². The fourth-order valence-corrected chi connectivity index (χ4v) is 5.18. The van der Waals surface area contributed by atoms with E-state index in [4.69, 9.17) is 0 Å². The molecule has 1 saturated heterocycles. The van der Waals surface area contributed by atoms with Crippen LogP contribution in [0.1, 0.15) is 57.9 Å². The van der Waals surface area contributed by atoms with Crippen molar-refractivity contribution in [2.24, 2.45) is 11.3 Å². The smallest absolute Gasteiger partial charge is 0.0142 e. The van der Waals surface area contributed by atoms with Crippen molar-refractivity contribution in [1.82, 2.24) is 10.2 Å². The van der Waals surface area contributed by atoms with Gasteiger partial charge in [0.2, 0.25) is 0 Å². The van der Waals surface area contributed by atoms with Gasteiger partial charge in [-0.15, -0.1) is 0 Å². The lowest BCUT2D eigenvalue weighted by Crippen LogP contribution is -2.54. The van der Waals surface area contributed by atoms with E-state index >= 15 is 0 Å². The Morgan fingerprint density at radius 3 is 2.52 bits per heavy atom. The molecule has 1 aliphatic heterocycles. The molecule has 25 heavy (non-hydrogen) atoms. The maximum atomic E-state index is 3.98. The Bertz CT molecular complexity index is 590. The molecule has 2 nitrogen and oxygen atoms in total. The number of nitrogens with zero attached hydrogens (tertiary/aromatic N) is 1. The molecular weight excluding hydrogens is 304 g/mol. The van der Waals surface area contributed by atoms with Crippen LogP contribution in [0, 0.1) is 11.3 Å². The van der Waals surface area contributed by atoms with E-state index in [1.165, 1.54) is 63.7 Å². The minimum atomic E-state index is 0.696. The highest BCUT2D eigenvalue weighted by molar-refractivity contribution is 5.54. The van der Waals surface area contributed by atoms with Crippen LogP contribution in [0.5, 0.6) is 0 Å². The molecule has 0 radical (unpaired) electrons. The number of likely N-dealkylation sites (tertiary alicyclic amines) is 1. The topological polar surface area (TPSA) is 15.3 Å². The molecule has 3 fully saturated rings. The quantitative estimate of drug-likeness (QED) is 0.807. The zero-order valence-electron chi connectivity index (χ0n) is 16.0. The average molecular weight is 339 g/mol. The van der Waals surface area contributed by atoms with Crippen molar-refractivity contribution in [3.63, 3.8) is 0 Å². The van der Waals surface area contributed by atoms with Gasteiger partial charge < -0.3 is 10.2 Å². The standard InChI is InChI=1S/C23H34N2/c1-3-19(14-18-8-6-5-7-9-18)21-15-22(21)24-20-16-23(17-20)10-12-25(4-2)13-11-23/h5-9,14,20-22,24H,3-4,10-13,15-17H2,1-2H3/b19-14+/t21-,22+/m0/s1. The summed E-state index contributed by atoms with van der Waals surface area (Å²) in [7, 11) is 0. The van der Waals surface area contributed by atoms with Gasteiger partial charge >= 0.3 is 0 Å². The van der Waals surface area contributed by atoms with Gasteiger partial charge in [-0.3, -0.25) is 0 Å². The molecule has 1 heterocycles. The highest BCUT2D eigenvalue weighted by Crippen LogP contribution is 2.50. The molecule has 4 rings (SSSR count). The first kappa shape index (κ1) is 17.3. The molecule has 2 aliphatic carbocycles. The lowest BCUT2D eigenvalue weighted by atomic mass is 9.60. The molecular formula is C23H34N2. The van der Waals surface area contributed by atoms with E-state index in [-0.39, 0.29) is 0 Å². The van der Waals surface area contributed by atoms with E-state index in [0.717, 1.165) is 18.0 Å². The van der Waals surface area contributed by atoms with Crippen molar-refractivity contribution in [3.8, 4) is 0 Å². The summed E-state index contributed by atoms with van der Waals surface area (Å²) in [6.45, 7) is 8.49. The molecule has 0 aromatic heterocycles. The van der Waals surface area contributed by atoms with E-state index in [1.807, 2.05) is 0 Å². The van der Waals surface area contributed by atoms with E-state index in [0.29, 0.717) is 5.41 Å². The first-order valence-electron chi connectivity index (χ1n) is 10.5. The molecule has 0 bridgehead atoms. The number of piperidine rings is 1. The molecule has 2 heteroatoms. The molecule has 1 N–H and O–H groups in total. The maximum Gasteiger partial charge on any atom is 0.0142 e. The predicted octanol–water partition coefficient (Wildman–Crippen LogP) is 4.72. The SMILES string of the molecule is CC/C(=C\c1ccccc1)[C@@H]1C[C@H]1NC1CC2(CCN(CC)CC2)C1. The van der Waals surface area contributed by atoms with Crippen LogP contribution in [0.2, 0.25) is 0 Å². The van der Waals surface area contributed by atoms with Gasteiger partial charge in [0.25, 0.3) is 0 Å². The van der Waals surface area contributed by atoms with Gasteiger partial charge in [0.1, 0.15) is 0 Å². The Kier molecular flexibility index (Phi) is 5.01. The lowest BCUT2D eigenvalue weighted by Gasteiger charge is -2.52. The summed E-state index contributed by atoms with van der Waals surface area (Å²) in [5.41, 5.74) is 3.69. The second-order valence-corrected chi connectivity index (χ2v) is 8.64. The third-order valence-electron chi connectivity index (χ3n) is 7.00. The zero-order chi connectivity index (χ0) is 17.3. The monoisotopic (exact) mass is 338 g/mol. The van der Waals surface area contributed by atoms with Crippen LogP contribution in [0.4, 0.5) is 0 Å². The van der Waals surface area contributed by atoms with Crippen LogP contribution in [0.25, 0.3) is 6.08 Å². The maximum absolute atomic E-state index is 3.98. The largest absolute Gasteiger partial charge is 0.311 e. The first-order chi connectivity index (χ1) is 12.2. The molecule has 1 aromatic carbocycles. The normalized spacial score (nSPS) is 29.6. The van der Waals surface area contributed by atoms with E-state index < -0.39 is 0 Å². The Balaban J connectivity index is 1.25. The van der Waals surface area contributed by atoms with Gasteiger partial charge in [-0.25, -0.2) is 0 Å². The van der Waals surface area contributed by atoms with Crippen LogP contribution < -0.4 is 5.32 Å². The van der Waals surface area contributed by atoms with Crippen LogP contribution in [0.3, 0.4) is 0 Å². The van der Waals surface area contributed by atoms with Crippen molar-refractivity contribution in [2.45, 2.75) is 64.5 Å². The Hall–Kier alpha value is -1.12. The van der Waals surface area contributed by atoms with E-state index in [2.05, 4.69) is 60.5 Å². The van der Waals surface area contributed by atoms with Gasteiger partial charge in [-0.2, -0.15) is 0 Å². The molecule has 1 aromatic rings. The van der Waals surface area contributed by atoms with Crippen molar-refractivity contribution in [1.29, 1.82) is 0 Å². The third-order valence-corrected chi connectivity index (χ3v) is 7.00. The van der Waals surface area contributed by atoms with Crippen LogP contribution in [-0.4, -0.2) is 36.6 Å². The van der Waals surface area contributed by atoms with Gasteiger partial charge in [0.05, 0.1) is 0 Å². The highest BCUT2D eigenvalue weighted by Gasteiger charge is 2.48. The lowest BCUT2D eigenvalue weighted by molar-refractivity contribution is 0.00684. The summed E-state index contributed by atoms with van der Waals surface area (Å²) < 4.78 is 0. The van der Waals surface area contributed by atoms with Crippen LogP contribution in [0.15, 0.2) is 35.9 Å². The summed E-state index contributed by atoms with van der Waals surface area (Å²) in [5.74, 6) is 0.781. The van der Waals surface area contributed by atoms with Gasteiger partial charge in [0, 0.05) is 12.1 Å². The summed E-state index contributed by atoms with van der Waals surface area (Å²) in [5, 5.41) is 3.98. The van der Waals surface area contributed by atoms with Gasteiger partial charge in [-0.05, 0) is 75.1 Å². The molecule has 2 saturated carbocycles. The fraction of sp³-hybridized carbons (Fsp3) is 0.652. The summed E-state index contributed by atoms with van der Waals surface area (Å²) in [6, 6.07) is 12.4. The number of rotatable bonds is 6. The minimum absolute atomic E-state index is 0.696. The fourth-order valence-electron chi connectivity index (χ4n) is 5.18. The van der Waals surface area contributed by atoms with E-state index in [1.54, 1.807) is 5.57 Å². The molecule has 2 atom stereocenters. The summed E-state index contributed by atoms with van der Waals surface area (Å²) >= 11 is 0. The summed E-state index contributed by atoms with van der Waals surface area (Å²) in [6.07, 6.45) is 10.7. The highest BCUT2D eigenvalue weighted by atomic mass is 15.1.